The Balaban J connectivity index is 2.76. The number of hydrogen-bond donors (Lipinski definition) is 0. The molecule has 0 aliphatic heterocycles. The lowest BCUT2D eigenvalue weighted by Crippen LogP contribution is -2.16. The van der Waals surface area contributed by atoms with E-state index in [1.54, 1.807) is 0 Å². The van der Waals surface area contributed by atoms with Crippen molar-refractivity contribution in [2.45, 2.75) is 26.3 Å². The summed E-state index contributed by atoms with van der Waals surface area (Å²) in [5, 5.41) is 11.0. The van der Waals surface area contributed by atoms with Crippen molar-refractivity contribution in [1.82, 2.24) is 20.2 Å². The first-order valence-corrected chi connectivity index (χ1v) is 3.98. The number of hydrogen-bond acceptors (Lipinski definition) is 5. The molecule has 0 aliphatic rings. The maximum atomic E-state index is 10.9. The molecule has 0 bridgehead atoms. The summed E-state index contributed by atoms with van der Waals surface area (Å²) in [6.07, 6.45) is 0. The standard InChI is InChI=1S/C7H12N4O2/c1-5(2)7-8-9-10-11(7)4-6(12)13-3/h5H,4H2,1-3H3. The summed E-state index contributed by atoms with van der Waals surface area (Å²) in [5.74, 6) is 0.527. The average Bonchev–Trinajstić information content (AvgIpc) is 2.52. The Labute approximate surface area is 75.9 Å². The third-order valence-corrected chi connectivity index (χ3v) is 1.58. The quantitative estimate of drug-likeness (QED) is 0.617. The Morgan fingerprint density at radius 1 is 1.62 bits per heavy atom. The van der Waals surface area contributed by atoms with Crippen molar-refractivity contribution in [3.63, 3.8) is 0 Å². The van der Waals surface area contributed by atoms with Gasteiger partial charge in [0.1, 0.15) is 6.54 Å². The average molecular weight is 184 g/mol. The molecule has 6 nitrogen and oxygen atoms in total. The van der Waals surface area contributed by atoms with Crippen LogP contribution in [0.3, 0.4) is 0 Å². The van der Waals surface area contributed by atoms with Crippen LogP contribution in [0.1, 0.15) is 25.6 Å². The number of aromatic nitrogens is 4. The monoisotopic (exact) mass is 184 g/mol. The smallest absolute Gasteiger partial charge is 0.327 e. The zero-order valence-corrected chi connectivity index (χ0v) is 7.89. The molecule has 1 heterocycles. The maximum Gasteiger partial charge on any atom is 0.327 e. The Bertz CT molecular complexity index is 294. The predicted molar refractivity (Wildman–Crippen MR) is 43.9 cm³/mol. The molecule has 1 rings (SSSR count). The van der Waals surface area contributed by atoms with Crippen LogP contribution in [0.2, 0.25) is 0 Å². The van der Waals surface area contributed by atoms with Gasteiger partial charge < -0.3 is 4.74 Å². The zero-order chi connectivity index (χ0) is 9.84. The van der Waals surface area contributed by atoms with Gasteiger partial charge in [0.15, 0.2) is 5.82 Å². The minimum Gasteiger partial charge on any atom is -0.468 e. The van der Waals surface area contributed by atoms with E-state index in [0.717, 1.165) is 0 Å². The van der Waals surface area contributed by atoms with E-state index in [1.807, 2.05) is 13.8 Å². The molecule has 1 aromatic heterocycles. The van der Waals surface area contributed by atoms with Crippen molar-refractivity contribution < 1.29 is 9.53 Å². The van der Waals surface area contributed by atoms with E-state index in [2.05, 4.69) is 20.3 Å². The molecule has 0 fully saturated rings. The number of methoxy groups -OCH3 is 1. The molecule has 0 saturated carbocycles. The Morgan fingerprint density at radius 3 is 2.85 bits per heavy atom. The number of esters is 1. The second kappa shape index (κ2) is 3.97. The van der Waals surface area contributed by atoms with Gasteiger partial charge in [0, 0.05) is 5.92 Å². The van der Waals surface area contributed by atoms with Gasteiger partial charge in [0.25, 0.3) is 0 Å². The molecule has 6 heteroatoms. The van der Waals surface area contributed by atoms with Crippen LogP contribution in [0.5, 0.6) is 0 Å². The first-order chi connectivity index (χ1) is 6.15. The van der Waals surface area contributed by atoms with E-state index in [4.69, 9.17) is 0 Å². The number of rotatable bonds is 3. The lowest BCUT2D eigenvalue weighted by molar-refractivity contribution is -0.141. The number of ether oxygens (including phenoxy) is 1. The van der Waals surface area contributed by atoms with Gasteiger partial charge in [-0.1, -0.05) is 13.8 Å². The number of carbonyl (C=O) groups excluding carboxylic acids is 1. The molecule has 0 radical (unpaired) electrons. The third kappa shape index (κ3) is 2.24. The molecule has 0 N–H and O–H groups in total. The van der Waals surface area contributed by atoms with Crippen molar-refractivity contribution in [1.29, 1.82) is 0 Å². The van der Waals surface area contributed by atoms with Gasteiger partial charge in [-0.05, 0) is 10.4 Å². The number of tetrazole rings is 1. The normalized spacial score (nSPS) is 10.5. The summed E-state index contributed by atoms with van der Waals surface area (Å²) < 4.78 is 5.94. The maximum absolute atomic E-state index is 10.9. The van der Waals surface area contributed by atoms with Gasteiger partial charge in [-0.25, -0.2) is 4.68 Å². The SMILES string of the molecule is COC(=O)Cn1nnnc1C(C)C. The first kappa shape index (κ1) is 9.63. The Morgan fingerprint density at radius 2 is 2.31 bits per heavy atom. The van der Waals surface area contributed by atoms with Crippen LogP contribution in [-0.2, 0) is 16.1 Å². The van der Waals surface area contributed by atoms with Crippen LogP contribution < -0.4 is 0 Å². The van der Waals surface area contributed by atoms with Crippen LogP contribution in [-0.4, -0.2) is 33.3 Å². The molecule has 0 aromatic carbocycles. The molecule has 13 heavy (non-hydrogen) atoms. The van der Waals surface area contributed by atoms with Crippen molar-refractivity contribution in [2.75, 3.05) is 7.11 Å². The van der Waals surface area contributed by atoms with Crippen LogP contribution in [0.15, 0.2) is 0 Å². The summed E-state index contributed by atoms with van der Waals surface area (Å²) >= 11 is 0. The zero-order valence-electron chi connectivity index (χ0n) is 7.89. The summed E-state index contributed by atoms with van der Waals surface area (Å²) in [7, 11) is 1.34. The molecule has 0 saturated heterocycles. The van der Waals surface area contributed by atoms with Gasteiger partial charge in [0.05, 0.1) is 7.11 Å². The van der Waals surface area contributed by atoms with E-state index < -0.39 is 0 Å². The molecule has 72 valence electrons. The van der Waals surface area contributed by atoms with Crippen LogP contribution in [0.4, 0.5) is 0 Å². The topological polar surface area (TPSA) is 69.9 Å². The molecule has 0 unspecified atom stereocenters. The molecule has 0 spiro atoms. The first-order valence-electron chi connectivity index (χ1n) is 3.98. The summed E-state index contributed by atoms with van der Waals surface area (Å²) in [5.41, 5.74) is 0. The van der Waals surface area contributed by atoms with Gasteiger partial charge in [-0.2, -0.15) is 0 Å². The van der Waals surface area contributed by atoms with E-state index in [1.165, 1.54) is 11.8 Å². The van der Waals surface area contributed by atoms with Gasteiger partial charge in [0.2, 0.25) is 0 Å². The summed E-state index contributed by atoms with van der Waals surface area (Å²) in [6, 6.07) is 0. The Kier molecular flexibility index (Phi) is 2.94. The van der Waals surface area contributed by atoms with Crippen LogP contribution in [0, 0.1) is 0 Å². The van der Waals surface area contributed by atoms with Crippen molar-refractivity contribution in [2.24, 2.45) is 0 Å². The van der Waals surface area contributed by atoms with E-state index in [0.29, 0.717) is 5.82 Å². The predicted octanol–water partition coefficient (Wildman–Crippen LogP) is -0.0305. The molecular formula is C7H12N4O2. The second-order valence-electron chi connectivity index (χ2n) is 2.93. The molecular weight excluding hydrogens is 172 g/mol. The highest BCUT2D eigenvalue weighted by Gasteiger charge is 2.12. The summed E-state index contributed by atoms with van der Waals surface area (Å²) in [4.78, 5) is 10.9. The van der Waals surface area contributed by atoms with Gasteiger partial charge in [-0.3, -0.25) is 4.79 Å². The second-order valence-corrected chi connectivity index (χ2v) is 2.93. The van der Waals surface area contributed by atoms with Gasteiger partial charge >= 0.3 is 5.97 Å². The molecule has 1 aromatic rings. The fourth-order valence-corrected chi connectivity index (χ4v) is 0.925. The summed E-state index contributed by atoms with van der Waals surface area (Å²) in [6.45, 7) is 3.98. The lowest BCUT2D eigenvalue weighted by Gasteiger charge is -2.04. The van der Waals surface area contributed by atoms with Crippen molar-refractivity contribution in [3.8, 4) is 0 Å². The Hall–Kier alpha value is -1.46. The molecule has 0 atom stereocenters. The largest absolute Gasteiger partial charge is 0.468 e. The number of nitrogens with zero attached hydrogens (tertiary/aromatic N) is 4. The third-order valence-electron chi connectivity index (χ3n) is 1.58. The van der Waals surface area contributed by atoms with Crippen molar-refractivity contribution in [3.05, 3.63) is 5.82 Å². The van der Waals surface area contributed by atoms with E-state index in [-0.39, 0.29) is 18.4 Å². The minimum absolute atomic E-state index is 0.0665. The van der Waals surface area contributed by atoms with E-state index in [9.17, 15) is 4.79 Å². The fourth-order valence-electron chi connectivity index (χ4n) is 0.925. The van der Waals surface area contributed by atoms with Crippen molar-refractivity contribution >= 4 is 5.97 Å². The van der Waals surface area contributed by atoms with Crippen LogP contribution in [0.25, 0.3) is 0 Å². The van der Waals surface area contributed by atoms with Gasteiger partial charge in [-0.15, -0.1) is 5.10 Å². The molecule has 0 aliphatic carbocycles. The number of carbonyl (C=O) groups is 1. The van der Waals surface area contributed by atoms with E-state index >= 15 is 0 Å². The molecule has 0 amide bonds. The minimum atomic E-state index is -0.353. The fraction of sp³-hybridized carbons (Fsp3) is 0.714. The lowest BCUT2D eigenvalue weighted by atomic mass is 10.2. The highest BCUT2D eigenvalue weighted by Crippen LogP contribution is 2.08. The highest BCUT2D eigenvalue weighted by atomic mass is 16.5. The highest BCUT2D eigenvalue weighted by molar-refractivity contribution is 5.68. The van der Waals surface area contributed by atoms with Crippen LogP contribution >= 0.6 is 0 Å².